The quantitative estimate of drug-likeness (QED) is 0.596. The molecule has 0 fully saturated rings. The Morgan fingerprint density at radius 3 is 2.25 bits per heavy atom. The lowest BCUT2D eigenvalue weighted by Gasteiger charge is -2.27. The van der Waals surface area contributed by atoms with Crippen LogP contribution in [-0.2, 0) is 19.1 Å². The highest BCUT2D eigenvalue weighted by molar-refractivity contribution is 5.74. The molecule has 0 saturated heterocycles. The van der Waals surface area contributed by atoms with Gasteiger partial charge in [0.2, 0.25) is 11.8 Å². The number of carbonyl (C=O) groups excluding carboxylic acids is 3. The van der Waals surface area contributed by atoms with E-state index in [0.29, 0.717) is 13.0 Å². The molecule has 2 atom stereocenters. The number of carbonyl (C=O) groups is 3. The number of esters is 1. The van der Waals surface area contributed by atoms with Crippen molar-refractivity contribution in [2.45, 2.75) is 46.3 Å². The van der Waals surface area contributed by atoms with Gasteiger partial charge in [-0.25, -0.2) is 0 Å². The summed E-state index contributed by atoms with van der Waals surface area (Å²) in [5.74, 6) is -0.789. The number of aliphatic hydroxyl groups excluding tert-OH is 1. The Morgan fingerprint density at radius 2 is 1.85 bits per heavy atom. The molecule has 0 heterocycles. The number of rotatable bonds is 8. The van der Waals surface area contributed by atoms with E-state index < -0.39 is 6.04 Å². The van der Waals surface area contributed by atoms with Crippen molar-refractivity contribution in [3.63, 3.8) is 0 Å². The third-order valence-corrected chi connectivity index (χ3v) is 2.69. The molecule has 0 saturated carbocycles. The number of aliphatic hydroxyl groups is 1. The summed E-state index contributed by atoms with van der Waals surface area (Å²) in [7, 11) is 0. The van der Waals surface area contributed by atoms with E-state index in [-0.39, 0.29) is 37.0 Å². The fourth-order valence-corrected chi connectivity index (χ4v) is 1.76. The highest BCUT2D eigenvalue weighted by Gasteiger charge is 2.18. The van der Waals surface area contributed by atoms with E-state index in [9.17, 15) is 19.5 Å². The summed E-state index contributed by atoms with van der Waals surface area (Å²) in [6.45, 7) is 6.21. The lowest BCUT2D eigenvalue weighted by atomic mass is 10.2. The van der Waals surface area contributed by atoms with E-state index in [1.54, 1.807) is 6.92 Å². The summed E-state index contributed by atoms with van der Waals surface area (Å²) in [6, 6.07) is -0.500. The maximum absolute atomic E-state index is 11.5. The van der Waals surface area contributed by atoms with E-state index >= 15 is 0 Å². The van der Waals surface area contributed by atoms with Crippen molar-refractivity contribution in [2.24, 2.45) is 0 Å². The van der Waals surface area contributed by atoms with Crippen molar-refractivity contribution in [3.8, 4) is 0 Å². The van der Waals surface area contributed by atoms with E-state index in [2.05, 4.69) is 5.32 Å². The first-order valence-electron chi connectivity index (χ1n) is 6.57. The van der Waals surface area contributed by atoms with Gasteiger partial charge in [0.1, 0.15) is 6.10 Å². The molecule has 0 aromatic rings. The van der Waals surface area contributed by atoms with Crippen LogP contribution in [0.3, 0.4) is 0 Å². The number of nitrogens with one attached hydrogen (secondary N) is 1. The molecule has 0 aromatic heterocycles. The molecule has 2 N–H and O–H groups in total. The average Bonchev–Trinajstić information content (AvgIpc) is 2.30. The molecule has 7 nitrogen and oxygen atoms in total. The van der Waals surface area contributed by atoms with E-state index in [0.717, 1.165) is 0 Å². The Hall–Kier alpha value is -1.63. The Morgan fingerprint density at radius 1 is 1.25 bits per heavy atom. The summed E-state index contributed by atoms with van der Waals surface area (Å²) in [6.07, 6.45) is 0.208. The van der Waals surface area contributed by atoms with Crippen LogP contribution in [0, 0.1) is 0 Å². The number of hydrogen-bond donors (Lipinski definition) is 2. The van der Waals surface area contributed by atoms with Crippen LogP contribution in [0.1, 0.15) is 34.1 Å². The Balaban J connectivity index is 4.38. The van der Waals surface area contributed by atoms with Crippen LogP contribution in [0.25, 0.3) is 0 Å². The van der Waals surface area contributed by atoms with Gasteiger partial charge in [-0.2, -0.15) is 0 Å². The van der Waals surface area contributed by atoms with Crippen LogP contribution < -0.4 is 5.32 Å². The average molecular weight is 288 g/mol. The third kappa shape index (κ3) is 8.47. The van der Waals surface area contributed by atoms with E-state index in [1.807, 2.05) is 0 Å². The molecule has 0 rings (SSSR count). The predicted octanol–water partition coefficient (Wildman–Crippen LogP) is -0.326. The molecule has 0 radical (unpaired) electrons. The molecule has 0 bridgehead atoms. The van der Waals surface area contributed by atoms with Gasteiger partial charge >= 0.3 is 5.97 Å². The molecule has 0 spiro atoms. The molecular formula is C13H24N2O5. The molecule has 0 aliphatic rings. The van der Waals surface area contributed by atoms with Crippen molar-refractivity contribution in [1.82, 2.24) is 10.2 Å². The second-order valence-electron chi connectivity index (χ2n) is 4.75. The van der Waals surface area contributed by atoms with Crippen LogP contribution in [0.15, 0.2) is 0 Å². The Labute approximate surface area is 119 Å². The van der Waals surface area contributed by atoms with Gasteiger partial charge in [0.25, 0.3) is 0 Å². The van der Waals surface area contributed by atoms with Crippen molar-refractivity contribution < 1.29 is 24.2 Å². The maximum Gasteiger partial charge on any atom is 0.302 e. The molecule has 0 unspecified atom stereocenters. The maximum atomic E-state index is 11.5. The van der Waals surface area contributed by atoms with Gasteiger partial charge in [-0.05, 0) is 6.92 Å². The fraction of sp³-hybridized carbons (Fsp3) is 0.769. The van der Waals surface area contributed by atoms with Crippen molar-refractivity contribution >= 4 is 17.8 Å². The number of amides is 2. The second-order valence-corrected chi connectivity index (χ2v) is 4.75. The molecule has 20 heavy (non-hydrogen) atoms. The lowest BCUT2D eigenvalue weighted by Crippen LogP contribution is -2.47. The summed E-state index contributed by atoms with van der Waals surface area (Å²) < 4.78 is 4.98. The first-order chi connectivity index (χ1) is 9.26. The van der Waals surface area contributed by atoms with Crippen LogP contribution >= 0.6 is 0 Å². The van der Waals surface area contributed by atoms with Gasteiger partial charge in [-0.15, -0.1) is 0 Å². The SMILES string of the molecule is CC(=O)N[C@@H](CO)CN(CC[C@@H](C)OC(C)=O)C(C)=O. The lowest BCUT2D eigenvalue weighted by molar-refractivity contribution is -0.146. The van der Waals surface area contributed by atoms with Crippen LogP contribution in [0.5, 0.6) is 0 Å². The summed E-state index contributed by atoms with van der Waals surface area (Å²) in [5, 5.41) is 11.7. The van der Waals surface area contributed by atoms with Gasteiger partial charge in [0.05, 0.1) is 12.6 Å². The highest BCUT2D eigenvalue weighted by Crippen LogP contribution is 2.03. The number of nitrogens with zero attached hydrogens (tertiary/aromatic N) is 1. The first kappa shape index (κ1) is 18.4. The summed E-state index contributed by atoms with van der Waals surface area (Å²) >= 11 is 0. The van der Waals surface area contributed by atoms with Gasteiger partial charge in [-0.1, -0.05) is 0 Å². The zero-order valence-electron chi connectivity index (χ0n) is 12.5. The van der Waals surface area contributed by atoms with Gasteiger partial charge < -0.3 is 20.1 Å². The molecule has 2 amide bonds. The van der Waals surface area contributed by atoms with E-state index in [1.165, 1.54) is 25.7 Å². The van der Waals surface area contributed by atoms with Crippen LogP contribution in [0.4, 0.5) is 0 Å². The molecular weight excluding hydrogens is 264 g/mol. The largest absolute Gasteiger partial charge is 0.463 e. The molecule has 116 valence electrons. The minimum absolute atomic E-state index is 0.163. The third-order valence-electron chi connectivity index (χ3n) is 2.69. The van der Waals surface area contributed by atoms with Crippen LogP contribution in [0.2, 0.25) is 0 Å². The highest BCUT2D eigenvalue weighted by atomic mass is 16.5. The number of hydrogen-bond acceptors (Lipinski definition) is 5. The standard InChI is InChI=1S/C13H24N2O5/c1-9(20-12(4)19)5-6-15(11(3)18)7-13(8-16)14-10(2)17/h9,13,16H,5-8H2,1-4H3,(H,14,17)/t9-,13-/m1/s1. The Bertz CT molecular complexity index is 346. The van der Waals surface area contributed by atoms with Gasteiger partial charge in [-0.3, -0.25) is 14.4 Å². The van der Waals surface area contributed by atoms with Crippen molar-refractivity contribution in [3.05, 3.63) is 0 Å². The first-order valence-corrected chi connectivity index (χ1v) is 6.57. The molecule has 0 aromatic carbocycles. The summed E-state index contributed by atoms with van der Waals surface area (Å²) in [4.78, 5) is 34.8. The monoisotopic (exact) mass is 288 g/mol. The smallest absolute Gasteiger partial charge is 0.302 e. The Kier molecular flexibility index (Phi) is 8.54. The molecule has 7 heteroatoms. The van der Waals surface area contributed by atoms with E-state index in [4.69, 9.17) is 4.74 Å². The van der Waals surface area contributed by atoms with Crippen molar-refractivity contribution in [2.75, 3.05) is 19.7 Å². The zero-order valence-corrected chi connectivity index (χ0v) is 12.5. The van der Waals surface area contributed by atoms with Gasteiger partial charge in [0, 0.05) is 40.3 Å². The summed E-state index contributed by atoms with van der Waals surface area (Å²) in [5.41, 5.74) is 0. The number of ether oxygens (including phenoxy) is 1. The predicted molar refractivity (Wildman–Crippen MR) is 72.8 cm³/mol. The minimum Gasteiger partial charge on any atom is -0.463 e. The zero-order chi connectivity index (χ0) is 15.7. The molecule has 0 aliphatic carbocycles. The normalized spacial score (nSPS) is 13.2. The van der Waals surface area contributed by atoms with Crippen LogP contribution in [-0.4, -0.2) is 59.6 Å². The molecule has 0 aliphatic heterocycles. The van der Waals surface area contributed by atoms with Gasteiger partial charge in [0.15, 0.2) is 0 Å². The topological polar surface area (TPSA) is 95.9 Å². The van der Waals surface area contributed by atoms with Crippen molar-refractivity contribution in [1.29, 1.82) is 0 Å². The fourth-order valence-electron chi connectivity index (χ4n) is 1.76. The minimum atomic E-state index is -0.500. The second kappa shape index (κ2) is 9.30.